The van der Waals surface area contributed by atoms with E-state index in [4.69, 9.17) is 27.9 Å². The van der Waals surface area contributed by atoms with Crippen molar-refractivity contribution < 1.29 is 9.53 Å². The van der Waals surface area contributed by atoms with E-state index in [9.17, 15) is 4.79 Å². The lowest BCUT2D eigenvalue weighted by Gasteiger charge is -2.13. The number of halogens is 2. The Morgan fingerprint density at radius 3 is 2.42 bits per heavy atom. The SMILES string of the molecule is Cc1ccc(C)c(OCC(=O)NN=Cc2c(Cl)cccc2Cl)c1C. The largest absolute Gasteiger partial charge is 0.483 e. The summed E-state index contributed by atoms with van der Waals surface area (Å²) in [5.74, 6) is 0.359. The molecule has 0 fully saturated rings. The monoisotopic (exact) mass is 364 g/mol. The smallest absolute Gasteiger partial charge is 0.277 e. The maximum atomic E-state index is 11.9. The fraction of sp³-hybridized carbons (Fsp3) is 0.222. The van der Waals surface area contributed by atoms with Crippen molar-refractivity contribution in [2.45, 2.75) is 20.8 Å². The lowest BCUT2D eigenvalue weighted by Crippen LogP contribution is -2.25. The summed E-state index contributed by atoms with van der Waals surface area (Å²) in [6.07, 6.45) is 1.41. The van der Waals surface area contributed by atoms with Crippen LogP contribution in [0.3, 0.4) is 0 Å². The molecule has 0 radical (unpaired) electrons. The van der Waals surface area contributed by atoms with Gasteiger partial charge in [0.2, 0.25) is 0 Å². The van der Waals surface area contributed by atoms with E-state index >= 15 is 0 Å². The average Bonchev–Trinajstić information content (AvgIpc) is 2.54. The number of hydrogen-bond acceptors (Lipinski definition) is 3. The number of ether oxygens (including phenoxy) is 1. The van der Waals surface area contributed by atoms with Gasteiger partial charge in [-0.2, -0.15) is 5.10 Å². The van der Waals surface area contributed by atoms with Crippen molar-refractivity contribution in [3.63, 3.8) is 0 Å². The summed E-state index contributed by atoms with van der Waals surface area (Å²) in [6.45, 7) is 5.78. The number of aryl methyl sites for hydroxylation is 2. The Labute approximate surface area is 151 Å². The van der Waals surface area contributed by atoms with Crippen LogP contribution in [0.25, 0.3) is 0 Å². The number of benzene rings is 2. The summed E-state index contributed by atoms with van der Waals surface area (Å²) in [7, 11) is 0. The van der Waals surface area contributed by atoms with Crippen molar-refractivity contribution in [2.24, 2.45) is 5.10 Å². The number of nitrogens with one attached hydrogen (secondary N) is 1. The number of nitrogens with zero attached hydrogens (tertiary/aromatic N) is 1. The maximum Gasteiger partial charge on any atom is 0.277 e. The second-order valence-electron chi connectivity index (χ2n) is 5.37. The predicted octanol–water partition coefficient (Wildman–Crippen LogP) is 4.45. The van der Waals surface area contributed by atoms with Crippen molar-refractivity contribution in [2.75, 3.05) is 6.61 Å². The molecule has 0 unspecified atom stereocenters. The zero-order valence-electron chi connectivity index (χ0n) is 13.7. The van der Waals surface area contributed by atoms with E-state index in [1.807, 2.05) is 32.9 Å². The molecule has 1 N–H and O–H groups in total. The van der Waals surface area contributed by atoms with E-state index in [0.29, 0.717) is 15.6 Å². The van der Waals surface area contributed by atoms with Gasteiger partial charge < -0.3 is 4.74 Å². The van der Waals surface area contributed by atoms with Crippen LogP contribution in [0.15, 0.2) is 35.4 Å². The molecule has 0 aliphatic heterocycles. The molecular formula is C18H18Cl2N2O2. The van der Waals surface area contributed by atoms with Gasteiger partial charge in [0.05, 0.1) is 16.3 Å². The van der Waals surface area contributed by atoms with Crippen LogP contribution in [0.4, 0.5) is 0 Å². The van der Waals surface area contributed by atoms with Crippen LogP contribution in [-0.4, -0.2) is 18.7 Å². The van der Waals surface area contributed by atoms with Gasteiger partial charge in [0.1, 0.15) is 5.75 Å². The van der Waals surface area contributed by atoms with Crippen LogP contribution in [0, 0.1) is 20.8 Å². The molecule has 0 spiro atoms. The first kappa shape index (κ1) is 18.3. The van der Waals surface area contributed by atoms with Gasteiger partial charge in [-0.05, 0) is 49.6 Å². The van der Waals surface area contributed by atoms with E-state index in [1.165, 1.54) is 6.21 Å². The first-order valence-corrected chi connectivity index (χ1v) is 8.11. The fourth-order valence-electron chi connectivity index (χ4n) is 2.12. The van der Waals surface area contributed by atoms with Crippen molar-refractivity contribution in [3.8, 4) is 5.75 Å². The van der Waals surface area contributed by atoms with Gasteiger partial charge in [0, 0.05) is 5.56 Å². The summed E-state index contributed by atoms with van der Waals surface area (Å²) in [5, 5.41) is 4.79. The highest BCUT2D eigenvalue weighted by atomic mass is 35.5. The van der Waals surface area contributed by atoms with Crippen molar-refractivity contribution in [1.82, 2.24) is 5.43 Å². The van der Waals surface area contributed by atoms with Crippen LogP contribution in [0.1, 0.15) is 22.3 Å². The number of hydrazone groups is 1. The van der Waals surface area contributed by atoms with Gasteiger partial charge in [-0.1, -0.05) is 41.4 Å². The molecule has 0 saturated heterocycles. The molecule has 0 aromatic heterocycles. The van der Waals surface area contributed by atoms with Crippen molar-refractivity contribution >= 4 is 35.3 Å². The van der Waals surface area contributed by atoms with Gasteiger partial charge in [-0.15, -0.1) is 0 Å². The molecule has 4 nitrogen and oxygen atoms in total. The molecular weight excluding hydrogens is 347 g/mol. The molecule has 2 aromatic rings. The van der Waals surface area contributed by atoms with E-state index < -0.39 is 0 Å². The van der Waals surface area contributed by atoms with Gasteiger partial charge in [-0.25, -0.2) is 5.43 Å². The number of carbonyl (C=O) groups excluding carboxylic acids is 1. The molecule has 6 heteroatoms. The van der Waals surface area contributed by atoms with Crippen LogP contribution in [-0.2, 0) is 4.79 Å². The zero-order chi connectivity index (χ0) is 17.7. The molecule has 1 amide bonds. The lowest BCUT2D eigenvalue weighted by atomic mass is 10.1. The number of carbonyl (C=O) groups is 1. The Balaban J connectivity index is 1.95. The molecule has 126 valence electrons. The molecule has 0 aliphatic carbocycles. The summed E-state index contributed by atoms with van der Waals surface area (Å²) < 4.78 is 5.62. The topological polar surface area (TPSA) is 50.7 Å². The molecule has 24 heavy (non-hydrogen) atoms. The summed E-state index contributed by atoms with van der Waals surface area (Å²) in [5.41, 5.74) is 6.07. The number of amides is 1. The third-order valence-corrected chi connectivity index (χ3v) is 4.26. The third-order valence-electron chi connectivity index (χ3n) is 3.60. The molecule has 0 bridgehead atoms. The predicted molar refractivity (Wildman–Crippen MR) is 98.3 cm³/mol. The Kier molecular flexibility index (Phi) is 6.23. The molecule has 0 saturated carbocycles. The zero-order valence-corrected chi connectivity index (χ0v) is 15.2. The first-order chi connectivity index (χ1) is 11.4. The molecule has 2 rings (SSSR count). The van der Waals surface area contributed by atoms with E-state index in [0.717, 1.165) is 22.4 Å². The number of hydrogen-bond donors (Lipinski definition) is 1. The number of rotatable bonds is 5. The average molecular weight is 365 g/mol. The van der Waals surface area contributed by atoms with Crippen molar-refractivity contribution in [3.05, 3.63) is 62.6 Å². The van der Waals surface area contributed by atoms with Gasteiger partial charge in [0.15, 0.2) is 6.61 Å². The highest BCUT2D eigenvalue weighted by Gasteiger charge is 2.09. The Hall–Kier alpha value is -2.04. The molecule has 0 atom stereocenters. The standard InChI is InChI=1S/C18H18Cl2N2O2/c1-11-7-8-12(2)18(13(11)3)24-10-17(23)22-21-9-14-15(19)5-4-6-16(14)20/h4-9H,10H2,1-3H3,(H,22,23). The summed E-state index contributed by atoms with van der Waals surface area (Å²) >= 11 is 12.0. The second kappa shape index (κ2) is 8.18. The third kappa shape index (κ3) is 4.49. The maximum absolute atomic E-state index is 11.9. The highest BCUT2D eigenvalue weighted by molar-refractivity contribution is 6.38. The molecule has 0 aliphatic rings. The Morgan fingerprint density at radius 2 is 1.75 bits per heavy atom. The van der Waals surface area contributed by atoms with E-state index in [1.54, 1.807) is 18.2 Å². The highest BCUT2D eigenvalue weighted by Crippen LogP contribution is 2.25. The quantitative estimate of drug-likeness (QED) is 0.629. The van der Waals surface area contributed by atoms with Crippen LogP contribution >= 0.6 is 23.2 Å². The van der Waals surface area contributed by atoms with Crippen molar-refractivity contribution in [1.29, 1.82) is 0 Å². The fourth-order valence-corrected chi connectivity index (χ4v) is 2.62. The minimum atomic E-state index is -0.366. The van der Waals surface area contributed by atoms with E-state index in [2.05, 4.69) is 10.5 Å². The first-order valence-electron chi connectivity index (χ1n) is 7.35. The Bertz CT molecular complexity index is 769. The summed E-state index contributed by atoms with van der Waals surface area (Å²) in [6, 6.07) is 9.12. The molecule has 2 aromatic carbocycles. The van der Waals surface area contributed by atoms with Crippen LogP contribution in [0.2, 0.25) is 10.0 Å². The summed E-state index contributed by atoms with van der Waals surface area (Å²) in [4.78, 5) is 11.9. The molecule has 0 heterocycles. The van der Waals surface area contributed by atoms with Gasteiger partial charge >= 0.3 is 0 Å². The normalized spacial score (nSPS) is 10.9. The minimum Gasteiger partial charge on any atom is -0.483 e. The lowest BCUT2D eigenvalue weighted by molar-refractivity contribution is -0.123. The van der Waals surface area contributed by atoms with Gasteiger partial charge in [0.25, 0.3) is 5.91 Å². The van der Waals surface area contributed by atoms with Gasteiger partial charge in [-0.3, -0.25) is 4.79 Å². The van der Waals surface area contributed by atoms with E-state index in [-0.39, 0.29) is 12.5 Å². The minimum absolute atomic E-state index is 0.126. The second-order valence-corrected chi connectivity index (χ2v) is 6.19. The van der Waals surface area contributed by atoms with Crippen LogP contribution in [0.5, 0.6) is 5.75 Å². The Morgan fingerprint density at radius 1 is 1.12 bits per heavy atom. The van der Waals surface area contributed by atoms with Crippen LogP contribution < -0.4 is 10.2 Å².